The first-order valence-corrected chi connectivity index (χ1v) is 7.79. The van der Waals surface area contributed by atoms with Crippen LogP contribution in [-0.2, 0) is 6.54 Å². The van der Waals surface area contributed by atoms with E-state index in [0.717, 1.165) is 11.4 Å². The van der Waals surface area contributed by atoms with Crippen LogP contribution >= 0.6 is 11.8 Å². The molecule has 0 atom stereocenters. The molecule has 5 nitrogen and oxygen atoms in total. The van der Waals surface area contributed by atoms with E-state index in [-0.39, 0.29) is 11.4 Å². The molecule has 0 bridgehead atoms. The van der Waals surface area contributed by atoms with E-state index < -0.39 is 0 Å². The van der Waals surface area contributed by atoms with E-state index in [1.165, 1.54) is 41.8 Å². The Bertz CT molecular complexity index is 709. The first-order valence-electron chi connectivity index (χ1n) is 6.98. The fourth-order valence-corrected chi connectivity index (χ4v) is 2.96. The Morgan fingerprint density at radius 3 is 2.90 bits per heavy atom. The summed E-state index contributed by atoms with van der Waals surface area (Å²) in [6.07, 6.45) is 2.59. The Balaban J connectivity index is 1.73. The molecule has 1 fully saturated rings. The third kappa shape index (κ3) is 3.86. The van der Waals surface area contributed by atoms with Gasteiger partial charge >= 0.3 is 0 Å². The van der Waals surface area contributed by atoms with E-state index in [1.807, 2.05) is 0 Å². The van der Waals surface area contributed by atoms with Gasteiger partial charge in [-0.3, -0.25) is 4.79 Å². The molecule has 0 radical (unpaired) electrons. The number of hydrogen-bond acceptors (Lipinski definition) is 5. The van der Waals surface area contributed by atoms with Gasteiger partial charge in [-0.2, -0.15) is 0 Å². The summed E-state index contributed by atoms with van der Waals surface area (Å²) in [5, 5.41) is 4.02. The Labute approximate surface area is 127 Å². The number of aromatic nitrogens is 2. The lowest BCUT2D eigenvalue weighted by Gasteiger charge is -2.09. The molecule has 1 heterocycles. The number of nitrogens with one attached hydrogen (secondary N) is 2. The van der Waals surface area contributed by atoms with E-state index in [0.29, 0.717) is 11.2 Å². The summed E-state index contributed by atoms with van der Waals surface area (Å²) in [6, 6.07) is 8.33. The van der Waals surface area contributed by atoms with Gasteiger partial charge in [-0.15, -0.1) is 0 Å². The fraction of sp³-hybridized carbons (Fsp3) is 0.333. The molecular formula is C15H18N4OS. The number of nitrogens with two attached hydrogens (primary N) is 1. The molecule has 1 saturated carbocycles. The van der Waals surface area contributed by atoms with Crippen molar-refractivity contribution in [1.29, 1.82) is 0 Å². The summed E-state index contributed by atoms with van der Waals surface area (Å²) in [5.74, 6) is 0.240. The molecule has 1 aliphatic carbocycles. The molecule has 110 valence electrons. The van der Waals surface area contributed by atoms with Crippen LogP contribution in [-0.4, -0.2) is 16.0 Å². The molecule has 2 aromatic rings. The second-order valence-corrected chi connectivity index (χ2v) is 6.36. The van der Waals surface area contributed by atoms with Gasteiger partial charge in [-0.25, -0.2) is 4.98 Å². The quantitative estimate of drug-likeness (QED) is 0.736. The van der Waals surface area contributed by atoms with Crippen LogP contribution in [0.3, 0.4) is 0 Å². The first-order chi connectivity index (χ1) is 10.1. The Morgan fingerprint density at radius 1 is 1.43 bits per heavy atom. The minimum Gasteiger partial charge on any atom is -0.383 e. The van der Waals surface area contributed by atoms with Gasteiger partial charge in [0.25, 0.3) is 5.56 Å². The summed E-state index contributed by atoms with van der Waals surface area (Å²) in [6.45, 7) is 2.97. The van der Waals surface area contributed by atoms with Gasteiger partial charge in [0.15, 0.2) is 5.16 Å². The normalized spacial score (nSPS) is 14.3. The van der Waals surface area contributed by atoms with Gasteiger partial charge in [0, 0.05) is 23.5 Å². The van der Waals surface area contributed by atoms with Crippen molar-refractivity contribution in [2.24, 2.45) is 0 Å². The van der Waals surface area contributed by atoms with E-state index >= 15 is 0 Å². The number of hydrogen-bond donors (Lipinski definition) is 3. The second-order valence-electron chi connectivity index (χ2n) is 5.33. The molecule has 1 aromatic carbocycles. The molecular weight excluding hydrogens is 284 g/mol. The van der Waals surface area contributed by atoms with E-state index in [4.69, 9.17) is 5.73 Å². The predicted octanol–water partition coefficient (Wildman–Crippen LogP) is 2.06. The van der Waals surface area contributed by atoms with Crippen LogP contribution in [0.4, 0.5) is 5.82 Å². The van der Waals surface area contributed by atoms with Crippen LogP contribution in [0.25, 0.3) is 0 Å². The van der Waals surface area contributed by atoms with Crippen molar-refractivity contribution >= 4 is 17.6 Å². The number of aromatic amines is 1. The molecule has 6 heteroatoms. The maximum Gasteiger partial charge on any atom is 0.253 e. The summed E-state index contributed by atoms with van der Waals surface area (Å²) < 4.78 is 0. The molecule has 0 unspecified atom stereocenters. The van der Waals surface area contributed by atoms with E-state index in [1.54, 1.807) is 0 Å². The molecule has 1 aliphatic rings. The van der Waals surface area contributed by atoms with Crippen LogP contribution in [0.15, 0.2) is 39.1 Å². The van der Waals surface area contributed by atoms with Gasteiger partial charge in [-0.05, 0) is 37.0 Å². The van der Waals surface area contributed by atoms with Crippen LogP contribution < -0.4 is 16.6 Å². The highest BCUT2D eigenvalue weighted by atomic mass is 32.2. The second kappa shape index (κ2) is 5.91. The maximum absolute atomic E-state index is 11.4. The highest BCUT2D eigenvalue weighted by molar-refractivity contribution is 7.99. The molecule has 0 aliphatic heterocycles. The SMILES string of the molecule is Cc1cc(CNC2CC2)ccc1Sc1nc(N)cc(=O)[nH]1. The maximum atomic E-state index is 11.4. The average Bonchev–Trinajstić information content (AvgIpc) is 3.22. The Morgan fingerprint density at radius 2 is 2.24 bits per heavy atom. The zero-order valence-corrected chi connectivity index (χ0v) is 12.7. The van der Waals surface area contributed by atoms with Crippen molar-refractivity contribution < 1.29 is 0 Å². The number of aryl methyl sites for hydroxylation is 1. The van der Waals surface area contributed by atoms with Crippen molar-refractivity contribution in [3.63, 3.8) is 0 Å². The number of nitrogen functional groups attached to an aromatic ring is 1. The third-order valence-corrected chi connectivity index (χ3v) is 4.42. The van der Waals surface area contributed by atoms with Gasteiger partial charge in [-0.1, -0.05) is 23.9 Å². The lowest BCUT2D eigenvalue weighted by molar-refractivity contribution is 0.687. The van der Waals surface area contributed by atoms with Crippen LogP contribution in [0.2, 0.25) is 0 Å². The van der Waals surface area contributed by atoms with Crippen molar-refractivity contribution in [3.05, 3.63) is 45.7 Å². The summed E-state index contributed by atoms with van der Waals surface area (Å²) in [4.78, 5) is 19.3. The molecule has 0 amide bonds. The highest BCUT2D eigenvalue weighted by Gasteiger charge is 2.19. The van der Waals surface area contributed by atoms with Crippen molar-refractivity contribution in [2.75, 3.05) is 5.73 Å². The molecule has 0 spiro atoms. The fourth-order valence-electron chi connectivity index (χ4n) is 2.09. The summed E-state index contributed by atoms with van der Waals surface area (Å²) >= 11 is 1.42. The molecule has 4 N–H and O–H groups in total. The van der Waals surface area contributed by atoms with Crippen molar-refractivity contribution in [1.82, 2.24) is 15.3 Å². The zero-order valence-electron chi connectivity index (χ0n) is 11.8. The molecule has 21 heavy (non-hydrogen) atoms. The van der Waals surface area contributed by atoms with Crippen LogP contribution in [0, 0.1) is 6.92 Å². The molecule has 0 saturated heterocycles. The van der Waals surface area contributed by atoms with Gasteiger partial charge in [0.1, 0.15) is 5.82 Å². The number of H-pyrrole nitrogens is 1. The minimum atomic E-state index is -0.229. The Kier molecular flexibility index (Phi) is 3.98. The lowest BCUT2D eigenvalue weighted by Crippen LogP contribution is -2.15. The molecule has 3 rings (SSSR count). The minimum absolute atomic E-state index is 0.229. The average molecular weight is 302 g/mol. The largest absolute Gasteiger partial charge is 0.383 e. The predicted molar refractivity (Wildman–Crippen MR) is 84.4 cm³/mol. The van der Waals surface area contributed by atoms with Gasteiger partial charge in [0.05, 0.1) is 0 Å². The van der Waals surface area contributed by atoms with Crippen LogP contribution in [0.1, 0.15) is 24.0 Å². The number of nitrogens with zero attached hydrogens (tertiary/aromatic N) is 1. The number of benzene rings is 1. The lowest BCUT2D eigenvalue weighted by atomic mass is 10.1. The van der Waals surface area contributed by atoms with E-state index in [2.05, 4.69) is 40.4 Å². The zero-order chi connectivity index (χ0) is 14.8. The van der Waals surface area contributed by atoms with Crippen molar-refractivity contribution in [3.8, 4) is 0 Å². The highest BCUT2D eigenvalue weighted by Crippen LogP contribution is 2.28. The third-order valence-electron chi connectivity index (χ3n) is 3.36. The van der Waals surface area contributed by atoms with Gasteiger partial charge in [0.2, 0.25) is 0 Å². The molecule has 1 aromatic heterocycles. The monoisotopic (exact) mass is 302 g/mol. The Hall–Kier alpha value is -1.79. The summed E-state index contributed by atoms with van der Waals surface area (Å²) in [5.41, 5.74) is 7.81. The van der Waals surface area contributed by atoms with Crippen LogP contribution in [0.5, 0.6) is 0 Å². The van der Waals surface area contributed by atoms with E-state index in [9.17, 15) is 4.79 Å². The standard InChI is InChI=1S/C15H18N4OS/c1-9-6-10(8-17-11-3-4-11)2-5-12(9)21-15-18-13(16)7-14(20)19-15/h2,5-7,11,17H,3-4,8H2,1H3,(H3,16,18,19,20). The number of rotatable bonds is 5. The topological polar surface area (TPSA) is 83.8 Å². The smallest absolute Gasteiger partial charge is 0.253 e. The summed E-state index contributed by atoms with van der Waals surface area (Å²) in [7, 11) is 0. The first kappa shape index (κ1) is 14.2. The van der Waals surface area contributed by atoms with Gasteiger partial charge < -0.3 is 16.0 Å². The number of anilines is 1. The van der Waals surface area contributed by atoms with Crippen molar-refractivity contribution in [2.45, 2.75) is 42.4 Å².